The van der Waals surface area contributed by atoms with E-state index in [9.17, 15) is 19.1 Å². The molecule has 2 heterocycles. The van der Waals surface area contributed by atoms with Gasteiger partial charge in [0.1, 0.15) is 21.8 Å². The van der Waals surface area contributed by atoms with Gasteiger partial charge in [-0.3, -0.25) is 9.36 Å². The topological polar surface area (TPSA) is 81.7 Å². The molecule has 37 heavy (non-hydrogen) atoms. The zero-order valence-corrected chi connectivity index (χ0v) is 20.5. The van der Waals surface area contributed by atoms with Crippen LogP contribution in [0.4, 0.5) is 4.39 Å². The van der Waals surface area contributed by atoms with E-state index in [0.717, 1.165) is 22.9 Å². The van der Waals surface area contributed by atoms with Gasteiger partial charge in [0.05, 0.1) is 12.8 Å². The van der Waals surface area contributed by atoms with Crippen LogP contribution in [0.25, 0.3) is 27.9 Å². The van der Waals surface area contributed by atoms with Gasteiger partial charge >= 0.3 is 5.63 Å². The first kappa shape index (κ1) is 23.1. The maximum Gasteiger partial charge on any atom is 0.354 e. The highest BCUT2D eigenvalue weighted by Crippen LogP contribution is 2.41. The van der Waals surface area contributed by atoms with Gasteiger partial charge in [0.15, 0.2) is 11.3 Å². The van der Waals surface area contributed by atoms with Crippen LogP contribution in [0, 0.1) is 5.82 Å². The summed E-state index contributed by atoms with van der Waals surface area (Å²) in [4.78, 5) is 27.7. The van der Waals surface area contributed by atoms with Crippen LogP contribution in [-0.2, 0) is 12.8 Å². The Bertz CT molecular complexity index is 1790. The Morgan fingerprint density at radius 1 is 0.973 bits per heavy atom. The zero-order chi connectivity index (χ0) is 25.7. The molecular weight excluding hydrogens is 493 g/mol. The summed E-state index contributed by atoms with van der Waals surface area (Å²) in [5.74, 6) is -0.221. The summed E-state index contributed by atoms with van der Waals surface area (Å²) in [6.45, 7) is 0. The number of hydrogen-bond acceptors (Lipinski definition) is 6. The van der Waals surface area contributed by atoms with Crippen LogP contribution in [0.5, 0.6) is 11.5 Å². The molecule has 0 atom stereocenters. The van der Waals surface area contributed by atoms with Gasteiger partial charge in [0.2, 0.25) is 0 Å². The van der Waals surface area contributed by atoms with E-state index in [0.29, 0.717) is 40.4 Å². The number of aromatic nitrogens is 1. The van der Waals surface area contributed by atoms with Crippen molar-refractivity contribution in [1.82, 2.24) is 4.57 Å². The average molecular weight is 514 g/mol. The minimum atomic E-state index is -0.731. The third-order valence-corrected chi connectivity index (χ3v) is 7.61. The molecule has 2 aromatic heterocycles. The third-order valence-electron chi connectivity index (χ3n) is 6.54. The van der Waals surface area contributed by atoms with Crippen molar-refractivity contribution in [3.8, 4) is 28.4 Å². The van der Waals surface area contributed by atoms with Crippen molar-refractivity contribution in [2.24, 2.45) is 0 Å². The number of aromatic hydroxyl groups is 1. The van der Waals surface area contributed by atoms with Crippen LogP contribution in [0.3, 0.4) is 0 Å². The predicted molar refractivity (Wildman–Crippen MR) is 140 cm³/mol. The fourth-order valence-electron chi connectivity index (χ4n) is 4.81. The minimum Gasteiger partial charge on any atom is -0.505 e. The molecule has 3 aromatic carbocycles. The highest BCUT2D eigenvalue weighted by atomic mass is 32.2. The van der Waals surface area contributed by atoms with Gasteiger partial charge in [-0.25, -0.2) is 9.18 Å². The molecule has 0 saturated heterocycles. The summed E-state index contributed by atoms with van der Waals surface area (Å²) in [5.41, 5.74) is 2.32. The molecule has 1 aliphatic carbocycles. The van der Waals surface area contributed by atoms with Crippen molar-refractivity contribution in [3.63, 3.8) is 0 Å². The molecule has 184 valence electrons. The molecule has 1 N–H and O–H groups in total. The van der Waals surface area contributed by atoms with E-state index >= 15 is 0 Å². The zero-order valence-electron chi connectivity index (χ0n) is 19.7. The molecule has 8 heteroatoms. The van der Waals surface area contributed by atoms with E-state index < -0.39 is 22.8 Å². The van der Waals surface area contributed by atoms with E-state index in [-0.39, 0.29) is 15.9 Å². The Labute approximate surface area is 214 Å². The molecule has 0 spiro atoms. The number of halogens is 1. The molecule has 5 aromatic rings. The van der Waals surface area contributed by atoms with Crippen LogP contribution in [0.1, 0.15) is 11.1 Å². The van der Waals surface area contributed by atoms with Crippen molar-refractivity contribution in [2.45, 2.75) is 22.6 Å². The van der Waals surface area contributed by atoms with Gasteiger partial charge in [-0.1, -0.05) is 36.0 Å². The van der Waals surface area contributed by atoms with E-state index in [4.69, 9.17) is 9.15 Å². The number of methoxy groups -OCH3 is 1. The number of pyridine rings is 1. The van der Waals surface area contributed by atoms with E-state index in [1.54, 1.807) is 31.4 Å². The van der Waals surface area contributed by atoms with Gasteiger partial charge < -0.3 is 14.3 Å². The van der Waals surface area contributed by atoms with Gasteiger partial charge in [-0.15, -0.1) is 0 Å². The van der Waals surface area contributed by atoms with Crippen molar-refractivity contribution in [1.29, 1.82) is 0 Å². The van der Waals surface area contributed by atoms with Gasteiger partial charge in [0.25, 0.3) is 5.56 Å². The summed E-state index contributed by atoms with van der Waals surface area (Å²) < 4.78 is 26.2. The molecule has 0 radical (unpaired) electrons. The van der Waals surface area contributed by atoms with Gasteiger partial charge in [0, 0.05) is 21.7 Å². The first-order chi connectivity index (χ1) is 18.0. The molecule has 6 nitrogen and oxygen atoms in total. The summed E-state index contributed by atoms with van der Waals surface area (Å²) in [6, 6.07) is 20.3. The van der Waals surface area contributed by atoms with Crippen molar-refractivity contribution in [2.75, 3.05) is 7.11 Å². The second-order valence-electron chi connectivity index (χ2n) is 8.65. The van der Waals surface area contributed by atoms with E-state index in [2.05, 4.69) is 0 Å². The number of hydrogen-bond donors (Lipinski definition) is 1. The molecule has 0 fully saturated rings. The number of rotatable bonds is 4. The lowest BCUT2D eigenvalue weighted by Gasteiger charge is -2.25. The van der Waals surface area contributed by atoms with Crippen molar-refractivity contribution in [3.05, 3.63) is 111 Å². The SMILES string of the molecule is COc1ccc(Sc2c(O)c3c(=O)n(-c4ccc(F)cc4)c4c(c3oc2=O)CCc2ccccc2-4)cc1. The number of benzene rings is 3. The highest BCUT2D eigenvalue weighted by molar-refractivity contribution is 7.99. The van der Waals surface area contributed by atoms with Crippen LogP contribution >= 0.6 is 11.8 Å². The minimum absolute atomic E-state index is 0.0782. The Morgan fingerprint density at radius 3 is 2.43 bits per heavy atom. The fraction of sp³-hybridized carbons (Fsp3) is 0.103. The molecule has 6 rings (SSSR count). The first-order valence-corrected chi connectivity index (χ1v) is 12.4. The normalized spacial score (nSPS) is 12.3. The summed E-state index contributed by atoms with van der Waals surface area (Å²) in [5, 5.41) is 11.2. The summed E-state index contributed by atoms with van der Waals surface area (Å²) in [7, 11) is 1.55. The quantitative estimate of drug-likeness (QED) is 0.331. The van der Waals surface area contributed by atoms with Crippen molar-refractivity contribution < 1.29 is 18.7 Å². The Kier molecular flexibility index (Phi) is 5.61. The molecule has 0 aliphatic heterocycles. The lowest BCUT2D eigenvalue weighted by Crippen LogP contribution is -2.25. The molecule has 0 unspecified atom stereocenters. The van der Waals surface area contributed by atoms with Gasteiger partial charge in [-0.2, -0.15) is 0 Å². The van der Waals surface area contributed by atoms with E-state index in [1.165, 1.54) is 28.8 Å². The standard InChI is InChI=1S/C29H20FNO5S/c1-35-19-11-13-20(14-12-19)37-27-25(32)23-26(36-29(27)34)22-15-6-16-4-2-3-5-21(16)24(22)31(28(23)33)18-9-7-17(30)8-10-18/h2-5,7-14,32H,6,15H2,1H3. The fourth-order valence-corrected chi connectivity index (χ4v) is 5.64. The second kappa shape index (κ2) is 8.97. The van der Waals surface area contributed by atoms with Crippen LogP contribution in [-0.4, -0.2) is 16.8 Å². The van der Waals surface area contributed by atoms with Crippen LogP contribution in [0.15, 0.2) is 96.6 Å². The maximum absolute atomic E-state index is 14.0. The predicted octanol–water partition coefficient (Wildman–Crippen LogP) is 5.71. The van der Waals surface area contributed by atoms with Gasteiger partial charge in [-0.05, 0) is 66.9 Å². The molecule has 1 aliphatic rings. The molecule has 0 bridgehead atoms. The first-order valence-electron chi connectivity index (χ1n) is 11.6. The molecular formula is C29H20FNO5S. The smallest absolute Gasteiger partial charge is 0.354 e. The molecule has 0 saturated carbocycles. The van der Waals surface area contributed by atoms with Crippen molar-refractivity contribution >= 4 is 22.7 Å². The summed E-state index contributed by atoms with van der Waals surface area (Å²) >= 11 is 1.00. The second-order valence-corrected chi connectivity index (χ2v) is 9.73. The lowest BCUT2D eigenvalue weighted by molar-refractivity contribution is 0.414. The highest BCUT2D eigenvalue weighted by Gasteiger charge is 2.29. The summed E-state index contributed by atoms with van der Waals surface area (Å²) in [6.07, 6.45) is 1.17. The number of aryl methyl sites for hydroxylation is 2. The molecule has 0 amide bonds. The monoisotopic (exact) mass is 513 g/mol. The Balaban J connectivity index is 1.66. The third kappa shape index (κ3) is 3.81. The number of ether oxygens (including phenoxy) is 1. The largest absolute Gasteiger partial charge is 0.505 e. The number of fused-ring (bicyclic) bond motifs is 5. The van der Waals surface area contributed by atoms with Crippen LogP contribution < -0.4 is 15.9 Å². The Hall–Kier alpha value is -4.30. The Morgan fingerprint density at radius 2 is 1.70 bits per heavy atom. The maximum atomic E-state index is 14.0. The number of nitrogens with zero attached hydrogens (tertiary/aromatic N) is 1. The lowest BCUT2D eigenvalue weighted by atomic mass is 9.87. The average Bonchev–Trinajstić information content (AvgIpc) is 2.92. The van der Waals surface area contributed by atoms with Crippen LogP contribution in [0.2, 0.25) is 0 Å². The van der Waals surface area contributed by atoms with E-state index in [1.807, 2.05) is 24.3 Å².